The first kappa shape index (κ1) is 11.9. The first-order valence-electron chi connectivity index (χ1n) is 5.05. The Bertz CT molecular complexity index is 522. The molecular formula is C11H12N4S2. The van der Waals surface area contributed by atoms with Crippen molar-refractivity contribution in [2.45, 2.75) is 13.5 Å². The number of thiazole rings is 1. The predicted octanol–water partition coefficient (Wildman–Crippen LogP) is 2.09. The average Bonchev–Trinajstić information content (AvgIpc) is 2.78. The summed E-state index contributed by atoms with van der Waals surface area (Å²) < 4.78 is 0. The summed E-state index contributed by atoms with van der Waals surface area (Å²) in [6, 6.07) is 3.78. The van der Waals surface area contributed by atoms with Crippen molar-refractivity contribution in [1.29, 1.82) is 0 Å². The third-order valence-corrected chi connectivity index (χ3v) is 3.21. The molecule has 0 unspecified atom stereocenters. The Morgan fingerprint density at radius 2 is 2.35 bits per heavy atom. The average molecular weight is 264 g/mol. The first-order valence-corrected chi connectivity index (χ1v) is 6.34. The fraction of sp³-hybridized carbons (Fsp3) is 0.182. The van der Waals surface area contributed by atoms with Crippen LogP contribution in [0.3, 0.4) is 0 Å². The number of pyridine rings is 1. The second kappa shape index (κ2) is 5.20. The highest BCUT2D eigenvalue weighted by atomic mass is 32.1. The second-order valence-corrected chi connectivity index (χ2v) is 4.95. The molecule has 2 aromatic rings. The van der Waals surface area contributed by atoms with Crippen molar-refractivity contribution in [2.75, 3.05) is 5.32 Å². The minimum absolute atomic E-state index is 0.351. The van der Waals surface area contributed by atoms with Crippen LogP contribution in [0.2, 0.25) is 0 Å². The van der Waals surface area contributed by atoms with Gasteiger partial charge in [0.25, 0.3) is 0 Å². The maximum atomic E-state index is 5.66. The zero-order valence-corrected chi connectivity index (χ0v) is 10.9. The van der Waals surface area contributed by atoms with Crippen molar-refractivity contribution in [1.82, 2.24) is 9.97 Å². The molecule has 0 fully saturated rings. The summed E-state index contributed by atoms with van der Waals surface area (Å²) in [5, 5.41) is 3.23. The molecule has 0 radical (unpaired) electrons. The van der Waals surface area contributed by atoms with E-state index in [0.717, 1.165) is 22.0 Å². The van der Waals surface area contributed by atoms with E-state index in [1.807, 2.05) is 25.3 Å². The summed E-state index contributed by atoms with van der Waals surface area (Å²) in [6.07, 6.45) is 1.83. The van der Waals surface area contributed by atoms with E-state index in [1.165, 1.54) is 0 Å². The van der Waals surface area contributed by atoms with Gasteiger partial charge in [0.2, 0.25) is 0 Å². The maximum Gasteiger partial charge on any atom is 0.136 e. The Labute approximate surface area is 109 Å². The highest BCUT2D eigenvalue weighted by Gasteiger charge is 2.07. The van der Waals surface area contributed by atoms with Crippen molar-refractivity contribution >= 4 is 34.4 Å². The molecule has 88 valence electrons. The monoisotopic (exact) mass is 264 g/mol. The molecule has 0 aromatic carbocycles. The van der Waals surface area contributed by atoms with Gasteiger partial charge in [-0.2, -0.15) is 0 Å². The van der Waals surface area contributed by atoms with E-state index in [4.69, 9.17) is 18.0 Å². The van der Waals surface area contributed by atoms with Crippen LogP contribution < -0.4 is 11.1 Å². The van der Waals surface area contributed by atoms with Gasteiger partial charge < -0.3 is 11.1 Å². The van der Waals surface area contributed by atoms with Crippen molar-refractivity contribution in [2.24, 2.45) is 5.73 Å². The molecule has 0 aliphatic rings. The van der Waals surface area contributed by atoms with E-state index in [2.05, 4.69) is 15.3 Å². The van der Waals surface area contributed by atoms with Gasteiger partial charge in [-0.05, 0) is 19.1 Å². The number of hydrogen-bond acceptors (Lipinski definition) is 5. The van der Waals surface area contributed by atoms with E-state index in [9.17, 15) is 0 Å². The van der Waals surface area contributed by atoms with E-state index in [0.29, 0.717) is 11.5 Å². The Morgan fingerprint density at radius 3 is 3.00 bits per heavy atom. The molecule has 0 atom stereocenters. The van der Waals surface area contributed by atoms with Crippen LogP contribution in [0.1, 0.15) is 16.1 Å². The van der Waals surface area contributed by atoms with Crippen LogP contribution in [-0.4, -0.2) is 15.0 Å². The van der Waals surface area contributed by atoms with Crippen LogP contribution >= 0.6 is 23.6 Å². The second-order valence-electron chi connectivity index (χ2n) is 3.53. The smallest absolute Gasteiger partial charge is 0.136 e. The summed E-state index contributed by atoms with van der Waals surface area (Å²) in [5.74, 6) is 0.728. The van der Waals surface area contributed by atoms with Gasteiger partial charge in [0, 0.05) is 16.8 Å². The van der Waals surface area contributed by atoms with Gasteiger partial charge in [-0.3, -0.25) is 4.98 Å². The SMILES string of the molecule is Cc1ccc(C(N)=S)c(NCc2cncs2)n1. The largest absolute Gasteiger partial charge is 0.389 e. The lowest BCUT2D eigenvalue weighted by molar-refractivity contribution is 1.10. The van der Waals surface area contributed by atoms with Crippen molar-refractivity contribution in [3.63, 3.8) is 0 Å². The molecule has 0 bridgehead atoms. The van der Waals surface area contributed by atoms with E-state index >= 15 is 0 Å². The van der Waals surface area contributed by atoms with Gasteiger partial charge in [0.05, 0.1) is 17.6 Å². The molecular weight excluding hydrogens is 252 g/mol. The maximum absolute atomic E-state index is 5.66. The minimum atomic E-state index is 0.351. The third-order valence-electron chi connectivity index (χ3n) is 2.21. The first-order chi connectivity index (χ1) is 8.16. The molecule has 2 aromatic heterocycles. The van der Waals surface area contributed by atoms with Crippen LogP contribution in [0.15, 0.2) is 23.8 Å². The molecule has 3 N–H and O–H groups in total. The molecule has 0 amide bonds. The van der Waals surface area contributed by atoms with Gasteiger partial charge >= 0.3 is 0 Å². The standard InChI is InChI=1S/C11H12N4S2/c1-7-2-3-9(10(12)16)11(15-7)14-5-8-4-13-6-17-8/h2-4,6H,5H2,1H3,(H2,12,16)(H,14,15). The van der Waals surface area contributed by atoms with Gasteiger partial charge in [-0.25, -0.2) is 4.98 Å². The molecule has 0 saturated carbocycles. The number of nitrogens with two attached hydrogens (primary N) is 1. The number of hydrogen-bond donors (Lipinski definition) is 2. The van der Waals surface area contributed by atoms with E-state index in [1.54, 1.807) is 16.8 Å². The lowest BCUT2D eigenvalue weighted by atomic mass is 10.2. The lowest BCUT2D eigenvalue weighted by Crippen LogP contribution is -2.14. The molecule has 0 saturated heterocycles. The van der Waals surface area contributed by atoms with Gasteiger partial charge in [0.1, 0.15) is 10.8 Å². The topological polar surface area (TPSA) is 63.8 Å². The summed E-state index contributed by atoms with van der Waals surface area (Å²) >= 11 is 6.59. The fourth-order valence-corrected chi connectivity index (χ4v) is 2.09. The molecule has 4 nitrogen and oxygen atoms in total. The van der Waals surface area contributed by atoms with Crippen LogP contribution in [0.4, 0.5) is 5.82 Å². The number of aryl methyl sites for hydroxylation is 1. The quantitative estimate of drug-likeness (QED) is 0.828. The summed E-state index contributed by atoms with van der Waals surface area (Å²) in [4.78, 5) is 9.91. The predicted molar refractivity (Wildman–Crippen MR) is 74.3 cm³/mol. The Kier molecular flexibility index (Phi) is 3.65. The minimum Gasteiger partial charge on any atom is -0.389 e. The van der Waals surface area contributed by atoms with Gasteiger partial charge in [0.15, 0.2) is 0 Å². The Hall–Kier alpha value is -1.53. The summed E-state index contributed by atoms with van der Waals surface area (Å²) in [5.41, 5.74) is 9.16. The molecule has 6 heteroatoms. The van der Waals surface area contributed by atoms with E-state index in [-0.39, 0.29) is 0 Å². The molecule has 0 spiro atoms. The van der Waals surface area contributed by atoms with Crippen LogP contribution in [0.25, 0.3) is 0 Å². The van der Waals surface area contributed by atoms with Crippen molar-refractivity contribution in [3.8, 4) is 0 Å². The number of anilines is 1. The summed E-state index contributed by atoms with van der Waals surface area (Å²) in [7, 11) is 0. The highest BCUT2D eigenvalue weighted by molar-refractivity contribution is 7.80. The summed E-state index contributed by atoms with van der Waals surface area (Å²) in [6.45, 7) is 2.61. The van der Waals surface area contributed by atoms with Gasteiger partial charge in [-0.1, -0.05) is 12.2 Å². The fourth-order valence-electron chi connectivity index (χ4n) is 1.39. The zero-order valence-electron chi connectivity index (χ0n) is 9.30. The normalized spacial score (nSPS) is 10.2. The molecule has 17 heavy (non-hydrogen) atoms. The third kappa shape index (κ3) is 2.98. The Balaban J connectivity index is 2.19. The van der Waals surface area contributed by atoms with Crippen LogP contribution in [-0.2, 0) is 6.54 Å². The zero-order chi connectivity index (χ0) is 12.3. The number of aromatic nitrogens is 2. The van der Waals surface area contributed by atoms with Crippen LogP contribution in [0.5, 0.6) is 0 Å². The lowest BCUT2D eigenvalue weighted by Gasteiger charge is -2.09. The molecule has 2 heterocycles. The number of thiocarbonyl (C=S) groups is 1. The molecule has 2 rings (SSSR count). The van der Waals surface area contributed by atoms with Crippen LogP contribution in [0, 0.1) is 6.92 Å². The molecule has 0 aliphatic heterocycles. The van der Waals surface area contributed by atoms with Crippen molar-refractivity contribution < 1.29 is 0 Å². The van der Waals surface area contributed by atoms with Gasteiger partial charge in [-0.15, -0.1) is 11.3 Å². The Morgan fingerprint density at radius 1 is 1.53 bits per heavy atom. The van der Waals surface area contributed by atoms with E-state index < -0.39 is 0 Å². The highest BCUT2D eigenvalue weighted by Crippen LogP contribution is 2.15. The number of nitrogens with zero attached hydrogens (tertiary/aromatic N) is 2. The number of nitrogens with one attached hydrogen (secondary N) is 1. The van der Waals surface area contributed by atoms with Crippen molar-refractivity contribution in [3.05, 3.63) is 40.0 Å². The molecule has 0 aliphatic carbocycles. The number of rotatable bonds is 4.